The van der Waals surface area contributed by atoms with Crippen molar-refractivity contribution < 1.29 is 27.5 Å². The van der Waals surface area contributed by atoms with Gasteiger partial charge in [-0.15, -0.1) is 0 Å². The lowest BCUT2D eigenvalue weighted by Crippen LogP contribution is -2.42. The highest BCUT2D eigenvalue weighted by Gasteiger charge is 2.33. The maximum absolute atomic E-state index is 13.2. The van der Waals surface area contributed by atoms with Gasteiger partial charge in [-0.05, 0) is 50.8 Å². The molecule has 0 aliphatic carbocycles. The summed E-state index contributed by atoms with van der Waals surface area (Å²) in [6.07, 6.45) is 2.55. The third-order valence-corrected chi connectivity index (χ3v) is 7.49. The van der Waals surface area contributed by atoms with Crippen molar-refractivity contribution in [1.82, 2.24) is 9.62 Å². The lowest BCUT2D eigenvalue weighted by molar-refractivity contribution is -0.125. The predicted octanol–water partition coefficient (Wildman–Crippen LogP) is 2.58. The van der Waals surface area contributed by atoms with Crippen LogP contribution in [0.5, 0.6) is 5.75 Å². The molecular formula is C21H32N2O6S. The van der Waals surface area contributed by atoms with Crippen LogP contribution < -0.4 is 10.1 Å². The van der Waals surface area contributed by atoms with Crippen LogP contribution in [0, 0.1) is 5.92 Å². The number of hydrogen-bond acceptors (Lipinski definition) is 6. The van der Waals surface area contributed by atoms with Gasteiger partial charge >= 0.3 is 5.97 Å². The molecule has 1 fully saturated rings. The number of rotatable bonds is 8. The van der Waals surface area contributed by atoms with Crippen LogP contribution in [0.3, 0.4) is 0 Å². The van der Waals surface area contributed by atoms with Crippen LogP contribution in [0.4, 0.5) is 0 Å². The van der Waals surface area contributed by atoms with E-state index in [0.29, 0.717) is 6.54 Å². The van der Waals surface area contributed by atoms with Crippen LogP contribution >= 0.6 is 0 Å². The molecule has 2 rings (SSSR count). The van der Waals surface area contributed by atoms with Gasteiger partial charge in [0.25, 0.3) is 5.91 Å². The average molecular weight is 441 g/mol. The number of hydrogen-bond donors (Lipinski definition) is 1. The third kappa shape index (κ3) is 5.72. The first-order valence-corrected chi connectivity index (χ1v) is 11.7. The second-order valence-corrected chi connectivity index (χ2v) is 9.86. The molecule has 1 heterocycles. The molecule has 1 aliphatic rings. The molecule has 1 amide bonds. The quantitative estimate of drug-likeness (QED) is 0.624. The molecule has 0 aromatic heterocycles. The van der Waals surface area contributed by atoms with Crippen molar-refractivity contribution in [2.24, 2.45) is 5.92 Å². The summed E-state index contributed by atoms with van der Waals surface area (Å²) in [7, 11) is -2.46. The number of nitrogens with one attached hydrogen (secondary N) is 1. The zero-order chi connectivity index (χ0) is 22.5. The SMILES string of the molecule is COc1ccc(C(=O)OCC(=O)NC(C)C(C)C)cc1S(=O)(=O)N1CCCCC1C. The van der Waals surface area contributed by atoms with E-state index < -0.39 is 28.5 Å². The third-order valence-electron chi connectivity index (χ3n) is 5.45. The van der Waals surface area contributed by atoms with Crippen molar-refractivity contribution in [3.63, 3.8) is 0 Å². The Morgan fingerprint density at radius 2 is 1.93 bits per heavy atom. The van der Waals surface area contributed by atoms with E-state index in [-0.39, 0.29) is 34.2 Å². The van der Waals surface area contributed by atoms with Gasteiger partial charge in [-0.25, -0.2) is 13.2 Å². The molecule has 168 valence electrons. The normalized spacial score (nSPS) is 18.7. The summed E-state index contributed by atoms with van der Waals surface area (Å²) in [4.78, 5) is 24.3. The number of piperidine rings is 1. The van der Waals surface area contributed by atoms with Crippen LogP contribution in [-0.4, -0.2) is 56.9 Å². The topological polar surface area (TPSA) is 102 Å². The maximum Gasteiger partial charge on any atom is 0.338 e. The van der Waals surface area contributed by atoms with E-state index in [1.807, 2.05) is 27.7 Å². The lowest BCUT2D eigenvalue weighted by atomic mass is 10.1. The number of benzene rings is 1. The fourth-order valence-electron chi connectivity index (χ4n) is 3.24. The van der Waals surface area contributed by atoms with Gasteiger partial charge < -0.3 is 14.8 Å². The molecule has 0 spiro atoms. The van der Waals surface area contributed by atoms with Crippen molar-refractivity contribution >= 4 is 21.9 Å². The fourth-order valence-corrected chi connectivity index (χ4v) is 5.12. The Bertz CT molecular complexity index is 868. The van der Waals surface area contributed by atoms with Gasteiger partial charge in [-0.1, -0.05) is 20.3 Å². The minimum Gasteiger partial charge on any atom is -0.495 e. The van der Waals surface area contributed by atoms with Gasteiger partial charge in [0.1, 0.15) is 10.6 Å². The number of ether oxygens (including phenoxy) is 2. The van der Waals surface area contributed by atoms with Gasteiger partial charge in [-0.3, -0.25) is 4.79 Å². The minimum absolute atomic E-state index is 0.0451. The molecule has 30 heavy (non-hydrogen) atoms. The van der Waals surface area contributed by atoms with Crippen LogP contribution in [0.25, 0.3) is 0 Å². The summed E-state index contributed by atoms with van der Waals surface area (Å²) in [6.45, 7) is 7.67. The predicted molar refractivity (Wildman–Crippen MR) is 113 cm³/mol. The number of carbonyl (C=O) groups excluding carboxylic acids is 2. The summed E-state index contributed by atoms with van der Waals surface area (Å²) in [5.74, 6) is -0.773. The molecule has 9 heteroatoms. The van der Waals surface area contributed by atoms with E-state index in [0.717, 1.165) is 19.3 Å². The molecular weight excluding hydrogens is 408 g/mol. The molecule has 0 radical (unpaired) electrons. The standard InChI is InChI=1S/C21H32N2O6S/c1-14(2)16(4)22-20(24)13-29-21(25)17-9-10-18(28-5)19(12-17)30(26,27)23-11-7-6-8-15(23)3/h9-10,12,14-16H,6-8,11,13H2,1-5H3,(H,22,24). The number of carbonyl (C=O) groups is 2. The molecule has 1 aromatic carbocycles. The molecule has 1 aliphatic heterocycles. The Labute approximate surface area is 179 Å². The molecule has 0 saturated carbocycles. The van der Waals surface area contributed by atoms with Gasteiger partial charge in [0, 0.05) is 18.6 Å². The largest absolute Gasteiger partial charge is 0.495 e. The summed E-state index contributed by atoms with van der Waals surface area (Å²) in [5.41, 5.74) is 0.0451. The first-order chi connectivity index (χ1) is 14.1. The Kier molecular flexibility index (Phi) is 8.25. The first-order valence-electron chi connectivity index (χ1n) is 10.2. The van der Waals surface area contributed by atoms with Gasteiger partial charge in [0.15, 0.2) is 6.61 Å². The lowest BCUT2D eigenvalue weighted by Gasteiger charge is -2.32. The fraction of sp³-hybridized carbons (Fsp3) is 0.619. The molecule has 2 atom stereocenters. The molecule has 1 N–H and O–H groups in total. The Morgan fingerprint density at radius 3 is 2.53 bits per heavy atom. The van der Waals surface area contributed by atoms with E-state index in [1.54, 1.807) is 0 Å². The van der Waals surface area contributed by atoms with Crippen molar-refractivity contribution in [3.8, 4) is 5.75 Å². The Hall–Kier alpha value is -2.13. The average Bonchev–Trinajstić information content (AvgIpc) is 2.71. The van der Waals surface area contributed by atoms with E-state index >= 15 is 0 Å². The zero-order valence-electron chi connectivity index (χ0n) is 18.3. The second kappa shape index (κ2) is 10.3. The molecule has 1 saturated heterocycles. The van der Waals surface area contributed by atoms with Crippen LogP contribution in [0.15, 0.2) is 23.1 Å². The number of amides is 1. The van der Waals surface area contributed by atoms with Crippen molar-refractivity contribution in [1.29, 1.82) is 0 Å². The maximum atomic E-state index is 13.2. The van der Waals surface area contributed by atoms with Crippen molar-refractivity contribution in [3.05, 3.63) is 23.8 Å². The summed E-state index contributed by atoms with van der Waals surface area (Å²) < 4.78 is 38.2. The highest BCUT2D eigenvalue weighted by Crippen LogP contribution is 2.31. The summed E-state index contributed by atoms with van der Waals surface area (Å²) >= 11 is 0. The number of sulfonamides is 1. The summed E-state index contributed by atoms with van der Waals surface area (Å²) in [6, 6.07) is 3.93. The number of methoxy groups -OCH3 is 1. The van der Waals surface area contributed by atoms with Crippen molar-refractivity contribution in [2.75, 3.05) is 20.3 Å². The highest BCUT2D eigenvalue weighted by molar-refractivity contribution is 7.89. The second-order valence-electron chi connectivity index (χ2n) is 8.00. The molecule has 2 unspecified atom stereocenters. The van der Waals surface area contributed by atoms with Gasteiger partial charge in [0.2, 0.25) is 10.0 Å². The Morgan fingerprint density at radius 1 is 1.23 bits per heavy atom. The van der Waals surface area contributed by atoms with E-state index in [4.69, 9.17) is 9.47 Å². The van der Waals surface area contributed by atoms with Crippen LogP contribution in [-0.2, 0) is 19.6 Å². The van der Waals surface area contributed by atoms with E-state index in [1.165, 1.54) is 29.6 Å². The molecule has 8 nitrogen and oxygen atoms in total. The monoisotopic (exact) mass is 440 g/mol. The van der Waals surface area contributed by atoms with E-state index in [2.05, 4.69) is 5.32 Å². The smallest absolute Gasteiger partial charge is 0.338 e. The van der Waals surface area contributed by atoms with Gasteiger partial charge in [-0.2, -0.15) is 4.31 Å². The molecule has 1 aromatic rings. The number of nitrogens with zero attached hydrogens (tertiary/aromatic N) is 1. The summed E-state index contributed by atoms with van der Waals surface area (Å²) in [5, 5.41) is 2.75. The van der Waals surface area contributed by atoms with E-state index in [9.17, 15) is 18.0 Å². The van der Waals surface area contributed by atoms with Crippen LogP contribution in [0.1, 0.15) is 57.3 Å². The zero-order valence-corrected chi connectivity index (χ0v) is 19.1. The van der Waals surface area contributed by atoms with Gasteiger partial charge in [0.05, 0.1) is 12.7 Å². The molecule has 0 bridgehead atoms. The first kappa shape index (κ1) is 24.1. The number of esters is 1. The van der Waals surface area contributed by atoms with Crippen molar-refractivity contribution in [2.45, 2.75) is 63.9 Å². The minimum atomic E-state index is -3.85. The Balaban J connectivity index is 2.19. The highest BCUT2D eigenvalue weighted by atomic mass is 32.2. The van der Waals surface area contributed by atoms with Crippen LogP contribution in [0.2, 0.25) is 0 Å².